The normalized spacial score (nSPS) is 19.6. The number of amides is 1. The SMILES string of the molecule is CCNC1CCN(Cc2cc(F)ccc2F)C1=O. The van der Waals surface area contributed by atoms with Crippen molar-refractivity contribution in [1.82, 2.24) is 10.2 Å². The number of hydrogen-bond donors (Lipinski definition) is 1. The van der Waals surface area contributed by atoms with Crippen LogP contribution in [0.4, 0.5) is 8.78 Å². The maximum atomic E-state index is 13.5. The van der Waals surface area contributed by atoms with Gasteiger partial charge in [-0.05, 0) is 31.2 Å². The molecule has 18 heavy (non-hydrogen) atoms. The molecule has 98 valence electrons. The summed E-state index contributed by atoms with van der Waals surface area (Å²) < 4.78 is 26.5. The first-order chi connectivity index (χ1) is 8.61. The third-order valence-electron chi connectivity index (χ3n) is 3.12. The molecule has 1 heterocycles. The molecule has 1 saturated heterocycles. The number of benzene rings is 1. The average Bonchev–Trinajstić information content (AvgIpc) is 2.67. The second-order valence-corrected chi connectivity index (χ2v) is 4.39. The number of likely N-dealkylation sites (N-methyl/N-ethyl adjacent to an activating group) is 1. The van der Waals surface area contributed by atoms with Crippen molar-refractivity contribution in [2.45, 2.75) is 25.9 Å². The quantitative estimate of drug-likeness (QED) is 0.886. The van der Waals surface area contributed by atoms with Gasteiger partial charge < -0.3 is 10.2 Å². The fraction of sp³-hybridized carbons (Fsp3) is 0.462. The first-order valence-corrected chi connectivity index (χ1v) is 6.08. The molecule has 2 rings (SSSR count). The summed E-state index contributed by atoms with van der Waals surface area (Å²) in [6, 6.07) is 3.12. The lowest BCUT2D eigenvalue weighted by Gasteiger charge is -2.17. The Bertz CT molecular complexity index is 451. The summed E-state index contributed by atoms with van der Waals surface area (Å²) in [5.41, 5.74) is 0.223. The number of likely N-dealkylation sites (tertiary alicyclic amines) is 1. The van der Waals surface area contributed by atoms with Gasteiger partial charge in [0.1, 0.15) is 11.6 Å². The van der Waals surface area contributed by atoms with E-state index < -0.39 is 11.6 Å². The smallest absolute Gasteiger partial charge is 0.240 e. The van der Waals surface area contributed by atoms with E-state index in [0.29, 0.717) is 13.0 Å². The van der Waals surface area contributed by atoms with E-state index in [9.17, 15) is 13.6 Å². The van der Waals surface area contributed by atoms with Crippen LogP contribution in [-0.4, -0.2) is 29.9 Å². The first kappa shape index (κ1) is 13.0. The molecule has 1 aliphatic heterocycles. The van der Waals surface area contributed by atoms with Crippen molar-refractivity contribution in [1.29, 1.82) is 0 Å². The highest BCUT2D eigenvalue weighted by Gasteiger charge is 2.31. The van der Waals surface area contributed by atoms with E-state index in [-0.39, 0.29) is 24.1 Å². The maximum absolute atomic E-state index is 13.5. The Morgan fingerprint density at radius 3 is 2.94 bits per heavy atom. The molecule has 0 bridgehead atoms. The van der Waals surface area contributed by atoms with Gasteiger partial charge in [0, 0.05) is 18.7 Å². The standard InChI is InChI=1S/C13H16F2N2O/c1-2-16-12-5-6-17(13(12)18)8-9-7-10(14)3-4-11(9)15/h3-4,7,12,16H,2,5-6,8H2,1H3. The Hall–Kier alpha value is -1.49. The van der Waals surface area contributed by atoms with Gasteiger partial charge in [-0.3, -0.25) is 4.79 Å². The Balaban J connectivity index is 2.06. The third-order valence-corrected chi connectivity index (χ3v) is 3.12. The maximum Gasteiger partial charge on any atom is 0.240 e. The van der Waals surface area contributed by atoms with E-state index in [0.717, 1.165) is 24.7 Å². The number of nitrogens with one attached hydrogen (secondary N) is 1. The molecule has 5 heteroatoms. The highest BCUT2D eigenvalue weighted by molar-refractivity contribution is 5.83. The number of hydrogen-bond acceptors (Lipinski definition) is 2. The van der Waals surface area contributed by atoms with Gasteiger partial charge in [0.25, 0.3) is 0 Å². The Kier molecular flexibility index (Phi) is 3.91. The van der Waals surface area contributed by atoms with E-state index in [1.807, 2.05) is 6.92 Å². The average molecular weight is 254 g/mol. The van der Waals surface area contributed by atoms with Gasteiger partial charge in [-0.15, -0.1) is 0 Å². The Labute approximate surface area is 105 Å². The van der Waals surface area contributed by atoms with E-state index in [1.54, 1.807) is 4.90 Å². The second-order valence-electron chi connectivity index (χ2n) is 4.39. The fourth-order valence-electron chi connectivity index (χ4n) is 2.20. The van der Waals surface area contributed by atoms with Crippen LogP contribution >= 0.6 is 0 Å². The molecule has 1 amide bonds. The third kappa shape index (κ3) is 2.67. The second kappa shape index (κ2) is 5.44. The lowest BCUT2D eigenvalue weighted by atomic mass is 10.2. The van der Waals surface area contributed by atoms with Crippen molar-refractivity contribution in [2.24, 2.45) is 0 Å². The van der Waals surface area contributed by atoms with Gasteiger partial charge in [0.15, 0.2) is 0 Å². The van der Waals surface area contributed by atoms with Crippen LogP contribution in [0.2, 0.25) is 0 Å². The van der Waals surface area contributed by atoms with Crippen molar-refractivity contribution in [3.05, 3.63) is 35.4 Å². The molecule has 0 saturated carbocycles. The minimum absolute atomic E-state index is 0.0412. The first-order valence-electron chi connectivity index (χ1n) is 6.08. The summed E-state index contributed by atoms with van der Waals surface area (Å²) >= 11 is 0. The Morgan fingerprint density at radius 1 is 1.44 bits per heavy atom. The summed E-state index contributed by atoms with van der Waals surface area (Å²) in [6.45, 7) is 3.36. The molecule has 1 aromatic rings. The molecular weight excluding hydrogens is 238 g/mol. The van der Waals surface area contributed by atoms with Gasteiger partial charge in [-0.2, -0.15) is 0 Å². The van der Waals surface area contributed by atoms with Gasteiger partial charge in [-0.25, -0.2) is 8.78 Å². The molecule has 1 aromatic carbocycles. The van der Waals surface area contributed by atoms with Crippen LogP contribution in [0.5, 0.6) is 0 Å². The highest BCUT2D eigenvalue weighted by atomic mass is 19.1. The van der Waals surface area contributed by atoms with Crippen LogP contribution in [0.25, 0.3) is 0 Å². The van der Waals surface area contributed by atoms with Gasteiger partial charge in [0.2, 0.25) is 5.91 Å². The molecule has 1 atom stereocenters. The number of carbonyl (C=O) groups excluding carboxylic acids is 1. The zero-order valence-corrected chi connectivity index (χ0v) is 10.2. The summed E-state index contributed by atoms with van der Waals surface area (Å²) in [4.78, 5) is 13.5. The zero-order valence-electron chi connectivity index (χ0n) is 10.2. The van der Waals surface area contributed by atoms with E-state index in [1.165, 1.54) is 0 Å². The van der Waals surface area contributed by atoms with Gasteiger partial charge in [0.05, 0.1) is 6.04 Å². The van der Waals surface area contributed by atoms with Crippen molar-refractivity contribution in [3.8, 4) is 0 Å². The lowest BCUT2D eigenvalue weighted by molar-refractivity contribution is -0.129. The molecule has 0 spiro atoms. The molecule has 1 fully saturated rings. The molecule has 1 N–H and O–H groups in total. The summed E-state index contributed by atoms with van der Waals surface area (Å²) in [6.07, 6.45) is 0.712. The lowest BCUT2D eigenvalue weighted by Crippen LogP contribution is -2.37. The van der Waals surface area contributed by atoms with Crippen LogP contribution in [0.1, 0.15) is 18.9 Å². The van der Waals surface area contributed by atoms with Crippen molar-refractivity contribution < 1.29 is 13.6 Å². The molecule has 0 radical (unpaired) electrons. The summed E-state index contributed by atoms with van der Waals surface area (Å²) in [5, 5.41) is 3.08. The minimum atomic E-state index is -0.485. The van der Waals surface area contributed by atoms with Crippen LogP contribution in [0.3, 0.4) is 0 Å². The van der Waals surface area contributed by atoms with E-state index in [2.05, 4.69) is 5.32 Å². The van der Waals surface area contributed by atoms with Gasteiger partial charge in [-0.1, -0.05) is 6.92 Å². The van der Waals surface area contributed by atoms with E-state index in [4.69, 9.17) is 0 Å². The topological polar surface area (TPSA) is 32.3 Å². The molecule has 1 unspecified atom stereocenters. The van der Waals surface area contributed by atoms with Crippen LogP contribution in [-0.2, 0) is 11.3 Å². The molecule has 0 aromatic heterocycles. The molecule has 0 aliphatic carbocycles. The predicted molar refractivity (Wildman–Crippen MR) is 63.9 cm³/mol. The van der Waals surface area contributed by atoms with Crippen LogP contribution in [0, 0.1) is 11.6 Å². The number of carbonyl (C=O) groups is 1. The van der Waals surface area contributed by atoms with E-state index >= 15 is 0 Å². The van der Waals surface area contributed by atoms with Crippen molar-refractivity contribution in [2.75, 3.05) is 13.1 Å². The largest absolute Gasteiger partial charge is 0.337 e. The Morgan fingerprint density at radius 2 is 2.22 bits per heavy atom. The van der Waals surface area contributed by atoms with Crippen LogP contribution in [0.15, 0.2) is 18.2 Å². The van der Waals surface area contributed by atoms with Crippen molar-refractivity contribution in [3.63, 3.8) is 0 Å². The summed E-state index contributed by atoms with van der Waals surface area (Å²) in [7, 11) is 0. The molecule has 1 aliphatic rings. The van der Waals surface area contributed by atoms with Crippen LogP contribution < -0.4 is 5.32 Å². The molecular formula is C13H16F2N2O. The summed E-state index contributed by atoms with van der Waals surface area (Å²) in [5.74, 6) is -1.00. The number of halogens is 2. The highest BCUT2D eigenvalue weighted by Crippen LogP contribution is 2.17. The predicted octanol–water partition coefficient (Wildman–Crippen LogP) is 1.68. The van der Waals surface area contributed by atoms with Crippen molar-refractivity contribution >= 4 is 5.91 Å². The number of nitrogens with zero attached hydrogens (tertiary/aromatic N) is 1. The number of rotatable bonds is 4. The fourth-order valence-corrected chi connectivity index (χ4v) is 2.20. The monoisotopic (exact) mass is 254 g/mol. The minimum Gasteiger partial charge on any atom is -0.337 e. The molecule has 3 nitrogen and oxygen atoms in total. The zero-order chi connectivity index (χ0) is 13.1. The van der Waals surface area contributed by atoms with Gasteiger partial charge >= 0.3 is 0 Å².